The normalized spacial score (nSPS) is 15.2. The van der Waals surface area contributed by atoms with Crippen LogP contribution < -0.4 is 4.48 Å². The zero-order valence-corrected chi connectivity index (χ0v) is 14.7. The number of hydrogen-bond acceptors (Lipinski definition) is 2. The number of hydrogen-bond donors (Lipinski definition) is 1. The SMILES string of the molecule is CC(CC(=O)c1ccccc1[N+](C)(C)C)(C(=O)O)[N+](C)(C)C. The summed E-state index contributed by atoms with van der Waals surface area (Å²) in [5.74, 6) is -1.10. The molecule has 1 N–H and O–H groups in total. The fraction of sp³-hybridized carbons (Fsp3) is 0.529. The van der Waals surface area contributed by atoms with Gasteiger partial charge in [-0.15, -0.1) is 0 Å². The van der Waals surface area contributed by atoms with Crippen molar-refractivity contribution in [2.75, 3.05) is 42.3 Å². The lowest BCUT2D eigenvalue weighted by molar-refractivity contribution is -0.911. The van der Waals surface area contributed by atoms with Crippen LogP contribution in [0.2, 0.25) is 0 Å². The fourth-order valence-electron chi connectivity index (χ4n) is 2.30. The van der Waals surface area contributed by atoms with E-state index in [1.165, 1.54) is 0 Å². The number of rotatable bonds is 6. The summed E-state index contributed by atoms with van der Waals surface area (Å²) in [5.41, 5.74) is 0.312. The maximum absolute atomic E-state index is 12.8. The molecule has 0 saturated carbocycles. The van der Waals surface area contributed by atoms with Crippen LogP contribution in [-0.2, 0) is 4.79 Å². The Hall–Kier alpha value is -1.72. The molecule has 0 aliphatic carbocycles. The summed E-state index contributed by atoms with van der Waals surface area (Å²) >= 11 is 0. The number of ketones is 1. The number of aliphatic carboxylic acids is 1. The van der Waals surface area contributed by atoms with Crippen LogP contribution in [0.25, 0.3) is 0 Å². The molecular weight excluding hydrogens is 280 g/mol. The van der Waals surface area contributed by atoms with Crippen molar-refractivity contribution in [3.05, 3.63) is 29.8 Å². The minimum atomic E-state index is -1.17. The van der Waals surface area contributed by atoms with E-state index in [2.05, 4.69) is 0 Å². The summed E-state index contributed by atoms with van der Waals surface area (Å²) in [6, 6.07) is 7.40. The lowest BCUT2D eigenvalue weighted by Gasteiger charge is -2.40. The van der Waals surface area contributed by atoms with Gasteiger partial charge >= 0.3 is 5.97 Å². The highest BCUT2D eigenvalue weighted by molar-refractivity contribution is 6.03. The van der Waals surface area contributed by atoms with Crippen LogP contribution in [0.1, 0.15) is 23.7 Å². The van der Waals surface area contributed by atoms with Crippen molar-refractivity contribution >= 4 is 17.4 Å². The summed E-state index contributed by atoms with van der Waals surface area (Å²) < 4.78 is 0.691. The molecular formula is C17H28N2O3+2. The summed E-state index contributed by atoms with van der Waals surface area (Å²) in [6.45, 7) is 1.63. The lowest BCUT2D eigenvalue weighted by Crippen LogP contribution is -2.61. The van der Waals surface area contributed by atoms with E-state index in [4.69, 9.17) is 0 Å². The zero-order chi connectivity index (χ0) is 17.3. The highest BCUT2D eigenvalue weighted by Crippen LogP contribution is 2.29. The van der Waals surface area contributed by atoms with Crippen LogP contribution in [0.15, 0.2) is 24.3 Å². The Morgan fingerprint density at radius 3 is 1.95 bits per heavy atom. The third-order valence-electron chi connectivity index (χ3n) is 4.37. The van der Waals surface area contributed by atoms with Gasteiger partial charge in [-0.2, -0.15) is 0 Å². The first kappa shape index (κ1) is 18.3. The van der Waals surface area contributed by atoms with Gasteiger partial charge in [0.05, 0.1) is 54.3 Å². The molecule has 0 radical (unpaired) electrons. The van der Waals surface area contributed by atoms with Gasteiger partial charge in [-0.3, -0.25) is 9.28 Å². The summed E-state index contributed by atoms with van der Waals surface area (Å²) in [5, 5.41) is 9.62. The van der Waals surface area contributed by atoms with Crippen LogP contribution in [0.5, 0.6) is 0 Å². The number of carbonyl (C=O) groups is 2. The molecule has 5 nitrogen and oxygen atoms in total. The predicted octanol–water partition coefficient (Wildman–Crippen LogP) is 2.01. The number of quaternary nitrogens is 2. The molecule has 1 aromatic carbocycles. The average molecular weight is 308 g/mol. The number of carbonyl (C=O) groups excluding carboxylic acids is 1. The van der Waals surface area contributed by atoms with Crippen molar-refractivity contribution < 1.29 is 19.2 Å². The molecule has 1 aromatic rings. The summed E-state index contributed by atoms with van der Waals surface area (Å²) in [4.78, 5) is 24.5. The largest absolute Gasteiger partial charge is 0.477 e. The second kappa shape index (κ2) is 5.82. The predicted molar refractivity (Wildman–Crippen MR) is 89.0 cm³/mol. The van der Waals surface area contributed by atoms with Crippen LogP contribution in [0, 0.1) is 0 Å². The number of carboxylic acids is 1. The Morgan fingerprint density at radius 1 is 1.05 bits per heavy atom. The van der Waals surface area contributed by atoms with Gasteiger partial charge in [0.1, 0.15) is 5.69 Å². The second-order valence-electron chi connectivity index (χ2n) is 7.72. The topological polar surface area (TPSA) is 54.4 Å². The van der Waals surface area contributed by atoms with Crippen molar-refractivity contribution in [3.8, 4) is 0 Å². The smallest absolute Gasteiger partial charge is 0.365 e. The zero-order valence-electron chi connectivity index (χ0n) is 14.7. The molecule has 1 unspecified atom stereocenters. The molecule has 0 amide bonds. The third-order valence-corrected chi connectivity index (χ3v) is 4.37. The molecule has 1 rings (SSSR count). The number of Topliss-reactive ketones (excluding diaryl/α,β-unsaturated/α-hetero) is 1. The quantitative estimate of drug-likeness (QED) is 0.646. The van der Waals surface area contributed by atoms with Crippen LogP contribution in [0.3, 0.4) is 0 Å². The molecule has 0 fully saturated rings. The van der Waals surface area contributed by atoms with Crippen LogP contribution >= 0.6 is 0 Å². The highest BCUT2D eigenvalue weighted by atomic mass is 16.4. The van der Waals surface area contributed by atoms with E-state index >= 15 is 0 Å². The Balaban J connectivity index is 3.27. The first-order chi connectivity index (χ1) is 9.80. The minimum absolute atomic E-state index is 0.0388. The lowest BCUT2D eigenvalue weighted by atomic mass is 9.88. The van der Waals surface area contributed by atoms with Crippen molar-refractivity contribution in [1.29, 1.82) is 0 Å². The third kappa shape index (κ3) is 3.54. The molecule has 22 heavy (non-hydrogen) atoms. The van der Waals surface area contributed by atoms with Gasteiger partial charge in [0.2, 0.25) is 5.54 Å². The van der Waals surface area contributed by atoms with Crippen molar-refractivity contribution in [3.63, 3.8) is 0 Å². The van der Waals surface area contributed by atoms with Crippen molar-refractivity contribution in [2.24, 2.45) is 0 Å². The maximum Gasteiger partial charge on any atom is 0.365 e. The van der Waals surface area contributed by atoms with Crippen LogP contribution in [-0.4, -0.2) is 69.2 Å². The number of para-hydroxylation sites is 1. The Bertz CT molecular complexity index is 582. The average Bonchev–Trinajstić information content (AvgIpc) is 2.36. The van der Waals surface area contributed by atoms with E-state index in [-0.39, 0.29) is 16.7 Å². The van der Waals surface area contributed by atoms with Gasteiger partial charge in [-0.25, -0.2) is 4.79 Å². The first-order valence-corrected chi connectivity index (χ1v) is 7.30. The molecule has 0 spiro atoms. The van der Waals surface area contributed by atoms with Gasteiger partial charge < -0.3 is 9.59 Å². The maximum atomic E-state index is 12.8. The molecule has 122 valence electrons. The van der Waals surface area contributed by atoms with E-state index in [0.717, 1.165) is 5.69 Å². The molecule has 0 aromatic heterocycles. The molecule has 0 aliphatic rings. The fourth-order valence-corrected chi connectivity index (χ4v) is 2.30. The van der Waals surface area contributed by atoms with Gasteiger partial charge in [0.25, 0.3) is 0 Å². The standard InChI is InChI=1S/C17H27N2O3/c1-17(16(21)22,19(5,6)7)12-15(20)13-10-8-9-11-14(13)18(2,3)4/h8-11H,12H2,1-7H3/q+1/p+1. The Labute approximate surface area is 133 Å². The van der Waals surface area contributed by atoms with E-state index in [1.54, 1.807) is 34.1 Å². The second-order valence-corrected chi connectivity index (χ2v) is 7.72. The number of nitrogens with zero attached hydrogens (tertiary/aromatic N) is 2. The number of carboxylic acid groups (broad SMARTS) is 1. The van der Waals surface area contributed by atoms with Gasteiger partial charge in [-0.05, 0) is 12.1 Å². The molecule has 1 atom stereocenters. The van der Waals surface area contributed by atoms with E-state index in [9.17, 15) is 14.7 Å². The van der Waals surface area contributed by atoms with Gasteiger partial charge in [0.15, 0.2) is 5.78 Å². The molecule has 0 heterocycles. The first-order valence-electron chi connectivity index (χ1n) is 7.30. The van der Waals surface area contributed by atoms with Crippen LogP contribution in [0.4, 0.5) is 5.69 Å². The molecule has 5 heteroatoms. The van der Waals surface area contributed by atoms with Gasteiger partial charge in [0, 0.05) is 6.92 Å². The van der Waals surface area contributed by atoms with E-state index < -0.39 is 11.5 Å². The van der Waals surface area contributed by atoms with Crippen molar-refractivity contribution in [2.45, 2.75) is 18.9 Å². The molecule has 0 aliphatic heterocycles. The molecule has 0 saturated heterocycles. The number of likely N-dealkylation sites (N-methyl/N-ethyl adjacent to an activating group) is 1. The van der Waals surface area contributed by atoms with Gasteiger partial charge in [-0.1, -0.05) is 12.1 Å². The summed E-state index contributed by atoms with van der Waals surface area (Å²) in [6.07, 6.45) is -0.0388. The minimum Gasteiger partial charge on any atom is -0.477 e. The monoisotopic (exact) mass is 308 g/mol. The highest BCUT2D eigenvalue weighted by Gasteiger charge is 2.48. The van der Waals surface area contributed by atoms with E-state index in [1.807, 2.05) is 39.3 Å². The Morgan fingerprint density at radius 2 is 1.55 bits per heavy atom. The molecule has 0 bridgehead atoms. The Kier molecular flexibility index (Phi) is 4.85. The number of benzene rings is 1. The summed E-state index contributed by atoms with van der Waals surface area (Å²) in [7, 11) is 11.4. The van der Waals surface area contributed by atoms with Crippen molar-refractivity contribution in [1.82, 2.24) is 4.48 Å². The van der Waals surface area contributed by atoms with E-state index in [0.29, 0.717) is 10.0 Å².